The summed E-state index contributed by atoms with van der Waals surface area (Å²) in [7, 11) is 0. The lowest BCUT2D eigenvalue weighted by Crippen LogP contribution is -2.19. The van der Waals surface area contributed by atoms with Gasteiger partial charge < -0.3 is 29.9 Å². The van der Waals surface area contributed by atoms with Crippen LogP contribution in [0.3, 0.4) is 0 Å². The van der Waals surface area contributed by atoms with Gasteiger partial charge in [0.15, 0.2) is 0 Å². The molecule has 0 spiro atoms. The van der Waals surface area contributed by atoms with E-state index >= 15 is 0 Å². The van der Waals surface area contributed by atoms with Crippen LogP contribution in [0.25, 0.3) is 0 Å². The van der Waals surface area contributed by atoms with Gasteiger partial charge in [0, 0.05) is 36.1 Å². The van der Waals surface area contributed by atoms with E-state index in [9.17, 15) is 38.0 Å². The van der Waals surface area contributed by atoms with Gasteiger partial charge in [0.05, 0.1) is 12.2 Å². The van der Waals surface area contributed by atoms with Crippen molar-refractivity contribution in [2.45, 2.75) is 37.3 Å². The van der Waals surface area contributed by atoms with Gasteiger partial charge in [-0.15, -0.1) is 0 Å². The number of hydrogen-bond acceptors (Lipinski definition) is 6. The van der Waals surface area contributed by atoms with Crippen LogP contribution in [0.15, 0.2) is 72.8 Å². The third kappa shape index (κ3) is 5.98. The lowest BCUT2D eigenvalue weighted by Gasteiger charge is -2.30. The van der Waals surface area contributed by atoms with Gasteiger partial charge in [0.2, 0.25) is 0 Å². The predicted octanol–water partition coefficient (Wildman–Crippen LogP) is 6.46. The maximum absolute atomic E-state index is 13.2. The third-order valence-corrected chi connectivity index (χ3v) is 6.63. The Balaban J connectivity index is 0.000000161. The second kappa shape index (κ2) is 11.1. The summed E-state index contributed by atoms with van der Waals surface area (Å²) in [6.45, 7) is 0. The number of phenolic OH excluding ortho intramolecular Hbond substituents is 2. The average Bonchev–Trinajstić information content (AvgIpc) is 2.88. The highest BCUT2D eigenvalue weighted by atomic mass is 19.1. The fourth-order valence-corrected chi connectivity index (χ4v) is 4.80. The van der Waals surface area contributed by atoms with Crippen molar-refractivity contribution in [2.24, 2.45) is 0 Å². The average molecular weight is 557 g/mol. The van der Waals surface area contributed by atoms with Crippen molar-refractivity contribution < 1.29 is 47.5 Å². The summed E-state index contributed by atoms with van der Waals surface area (Å²) in [5, 5.41) is 38.9. The number of hydrogen-bond donors (Lipinski definition) is 4. The molecule has 2 aliphatic rings. The summed E-state index contributed by atoms with van der Waals surface area (Å²) in [5.74, 6) is -1.89. The summed E-state index contributed by atoms with van der Waals surface area (Å²) in [5.41, 5.74) is 1.61. The van der Waals surface area contributed by atoms with Crippen molar-refractivity contribution in [1.82, 2.24) is 0 Å². The summed E-state index contributed by atoms with van der Waals surface area (Å²) in [6.07, 6.45) is -2.65. The molecule has 0 saturated carbocycles. The first kappa shape index (κ1) is 27.3. The molecular weight excluding hydrogens is 532 g/mol. The first-order valence-electron chi connectivity index (χ1n) is 12.3. The van der Waals surface area contributed by atoms with Crippen LogP contribution in [-0.2, 0) is 0 Å². The van der Waals surface area contributed by atoms with Crippen LogP contribution in [0.5, 0.6) is 23.0 Å². The van der Waals surface area contributed by atoms with Crippen LogP contribution < -0.4 is 9.47 Å². The highest BCUT2D eigenvalue weighted by Crippen LogP contribution is 2.43. The molecule has 6 nitrogen and oxygen atoms in total. The fourth-order valence-electron chi connectivity index (χ4n) is 4.80. The summed E-state index contributed by atoms with van der Waals surface area (Å²) < 4.78 is 64.2. The van der Waals surface area contributed by atoms with E-state index in [1.807, 2.05) is 0 Å². The largest absolute Gasteiger partial charge is 0.508 e. The van der Waals surface area contributed by atoms with Crippen molar-refractivity contribution in [3.05, 3.63) is 118 Å². The van der Waals surface area contributed by atoms with E-state index in [4.69, 9.17) is 9.47 Å². The third-order valence-electron chi connectivity index (χ3n) is 6.63. The fraction of sp³-hybridized carbons (Fsp3) is 0.200. The topological polar surface area (TPSA) is 99.4 Å². The van der Waals surface area contributed by atoms with E-state index in [1.165, 1.54) is 60.7 Å². The highest BCUT2D eigenvalue weighted by molar-refractivity contribution is 5.44. The summed E-state index contributed by atoms with van der Waals surface area (Å²) in [4.78, 5) is 0. The SMILES string of the molecule is Oc1ccc2c(c1)C(O)CC(c1cc(F)cc(F)c1)O2.Oc1ccc2c(c1)C(O)CC(c1cc(F)cc(F)c1)O2. The Morgan fingerprint density at radius 2 is 0.875 bits per heavy atom. The van der Waals surface area contributed by atoms with Crippen molar-refractivity contribution in [2.75, 3.05) is 0 Å². The zero-order chi connectivity index (χ0) is 28.6. The molecule has 4 aromatic carbocycles. The molecule has 0 saturated heterocycles. The van der Waals surface area contributed by atoms with Crippen LogP contribution in [0.1, 0.15) is 59.5 Å². The second-order valence-corrected chi connectivity index (χ2v) is 9.57. The molecule has 4 unspecified atom stereocenters. The van der Waals surface area contributed by atoms with Gasteiger partial charge in [-0.3, -0.25) is 0 Å². The maximum Gasteiger partial charge on any atom is 0.127 e. The number of fused-ring (bicyclic) bond motifs is 2. The Hall–Kier alpha value is -4.28. The highest BCUT2D eigenvalue weighted by Gasteiger charge is 2.30. The van der Waals surface area contributed by atoms with Crippen LogP contribution in [0.2, 0.25) is 0 Å². The maximum atomic E-state index is 13.2. The lowest BCUT2D eigenvalue weighted by molar-refractivity contribution is 0.0648. The standard InChI is InChI=1S/2C15H12F2O3/c2*16-9-3-8(4-10(17)5-9)15-7-13(19)12-6-11(18)1-2-14(12)20-15/h2*1-6,13,15,18-19H,7H2. The van der Waals surface area contributed by atoms with Gasteiger partial charge in [0.25, 0.3) is 0 Å². The molecular formula is C30H24F4O6. The number of halogens is 4. The van der Waals surface area contributed by atoms with E-state index in [0.717, 1.165) is 12.1 Å². The number of aromatic hydroxyl groups is 2. The minimum absolute atomic E-state index is 0.0293. The molecule has 4 aromatic rings. The molecule has 4 atom stereocenters. The second-order valence-electron chi connectivity index (χ2n) is 9.57. The zero-order valence-electron chi connectivity index (χ0n) is 20.8. The van der Waals surface area contributed by atoms with E-state index < -0.39 is 47.7 Å². The summed E-state index contributed by atoms with van der Waals surface area (Å²) in [6, 6.07) is 15.1. The van der Waals surface area contributed by atoms with Gasteiger partial charge in [0.1, 0.15) is 58.5 Å². The zero-order valence-corrected chi connectivity index (χ0v) is 20.8. The van der Waals surface area contributed by atoms with E-state index in [1.54, 1.807) is 0 Å². The Bertz CT molecular complexity index is 1390. The number of ether oxygens (including phenoxy) is 2. The molecule has 2 heterocycles. The Labute approximate surface area is 226 Å². The number of phenols is 2. The predicted molar refractivity (Wildman–Crippen MR) is 135 cm³/mol. The molecule has 0 bridgehead atoms. The van der Waals surface area contributed by atoms with Gasteiger partial charge in [-0.05, 0) is 71.8 Å². The number of aliphatic hydroxyl groups excluding tert-OH is 2. The lowest BCUT2D eigenvalue weighted by atomic mass is 9.95. The van der Waals surface area contributed by atoms with Gasteiger partial charge in [-0.25, -0.2) is 17.6 Å². The normalized spacial score (nSPS) is 21.1. The van der Waals surface area contributed by atoms with Crippen LogP contribution >= 0.6 is 0 Å². The molecule has 40 heavy (non-hydrogen) atoms. The van der Waals surface area contributed by atoms with Crippen molar-refractivity contribution in [1.29, 1.82) is 0 Å². The molecule has 0 aliphatic carbocycles. The van der Waals surface area contributed by atoms with Crippen LogP contribution in [0.4, 0.5) is 17.6 Å². The van der Waals surface area contributed by atoms with Gasteiger partial charge in [-0.2, -0.15) is 0 Å². The Kier molecular flexibility index (Phi) is 7.55. The molecule has 6 rings (SSSR count). The summed E-state index contributed by atoms with van der Waals surface area (Å²) >= 11 is 0. The van der Waals surface area contributed by atoms with Crippen molar-refractivity contribution in [3.63, 3.8) is 0 Å². The van der Waals surface area contributed by atoms with E-state index in [-0.39, 0.29) is 24.3 Å². The Morgan fingerprint density at radius 3 is 1.23 bits per heavy atom. The van der Waals surface area contributed by atoms with Crippen molar-refractivity contribution >= 4 is 0 Å². The molecule has 4 N–H and O–H groups in total. The monoisotopic (exact) mass is 556 g/mol. The van der Waals surface area contributed by atoms with Gasteiger partial charge >= 0.3 is 0 Å². The Morgan fingerprint density at radius 1 is 0.525 bits per heavy atom. The smallest absolute Gasteiger partial charge is 0.127 e. The number of benzene rings is 4. The molecule has 0 amide bonds. The number of rotatable bonds is 2. The molecule has 0 fully saturated rings. The molecule has 0 radical (unpaired) electrons. The first-order chi connectivity index (χ1) is 19.0. The van der Waals surface area contributed by atoms with Crippen molar-refractivity contribution in [3.8, 4) is 23.0 Å². The first-order valence-corrected chi connectivity index (χ1v) is 12.3. The van der Waals surface area contributed by atoms with E-state index in [0.29, 0.717) is 33.8 Å². The van der Waals surface area contributed by atoms with Crippen LogP contribution in [0, 0.1) is 23.3 Å². The van der Waals surface area contributed by atoms with Crippen LogP contribution in [-0.4, -0.2) is 20.4 Å². The molecule has 0 aromatic heterocycles. The molecule has 2 aliphatic heterocycles. The molecule has 208 valence electrons. The minimum Gasteiger partial charge on any atom is -0.508 e. The minimum atomic E-state index is -0.859. The number of aliphatic hydroxyl groups is 2. The van der Waals surface area contributed by atoms with E-state index in [2.05, 4.69) is 0 Å². The van der Waals surface area contributed by atoms with Gasteiger partial charge in [-0.1, -0.05) is 0 Å². The molecule has 10 heteroatoms. The quantitative estimate of drug-likeness (QED) is 0.212.